The molecule has 0 bridgehead atoms. The monoisotopic (exact) mass is 542 g/mol. The highest BCUT2D eigenvalue weighted by Crippen LogP contribution is 2.68. The molecule has 0 aliphatic heterocycles. The standard InChI is InChI=1S/C27H44Br2O/c1-16(2)7-6-8-17(3)19-11-12-20-18-9-10-22-24(29)25(30)23(28)15-27(22,5)21(18)13-14-26(19,20)4/h16-24H,6-15H2,1-5H3/t17-,18+,19-,20+,21+,22?,23?,24?,26-,27-/m1/s1. The van der Waals surface area contributed by atoms with E-state index in [9.17, 15) is 4.79 Å². The highest BCUT2D eigenvalue weighted by Gasteiger charge is 2.62. The predicted octanol–water partition coefficient (Wildman–Crippen LogP) is 8.42. The van der Waals surface area contributed by atoms with Gasteiger partial charge in [0.15, 0.2) is 5.78 Å². The molecule has 0 aromatic rings. The Bertz CT molecular complexity index is 647. The Morgan fingerprint density at radius 2 is 1.57 bits per heavy atom. The maximum atomic E-state index is 12.7. The number of carbonyl (C=O) groups is 1. The molecular weight excluding hydrogens is 500 g/mol. The van der Waals surface area contributed by atoms with Crippen molar-refractivity contribution in [2.24, 2.45) is 52.3 Å². The number of rotatable bonds is 5. The minimum Gasteiger partial charge on any atom is -0.297 e. The Morgan fingerprint density at radius 3 is 2.27 bits per heavy atom. The molecule has 4 saturated carbocycles. The summed E-state index contributed by atoms with van der Waals surface area (Å²) in [5, 5.41) is 0. The Labute approximate surface area is 202 Å². The smallest absolute Gasteiger partial charge is 0.160 e. The van der Waals surface area contributed by atoms with E-state index < -0.39 is 0 Å². The van der Waals surface area contributed by atoms with Crippen molar-refractivity contribution in [1.29, 1.82) is 0 Å². The van der Waals surface area contributed by atoms with Gasteiger partial charge in [0, 0.05) is 0 Å². The van der Waals surface area contributed by atoms with Gasteiger partial charge in [-0.1, -0.05) is 85.7 Å². The van der Waals surface area contributed by atoms with Gasteiger partial charge >= 0.3 is 0 Å². The molecule has 3 unspecified atom stereocenters. The molecule has 0 radical (unpaired) electrons. The normalized spacial score (nSPS) is 49.5. The van der Waals surface area contributed by atoms with Crippen LogP contribution in [-0.2, 0) is 4.79 Å². The first-order chi connectivity index (χ1) is 14.1. The van der Waals surface area contributed by atoms with Gasteiger partial charge in [-0.3, -0.25) is 4.79 Å². The summed E-state index contributed by atoms with van der Waals surface area (Å²) < 4.78 is 0. The molecule has 0 spiro atoms. The van der Waals surface area contributed by atoms with Crippen molar-refractivity contribution < 1.29 is 4.79 Å². The first-order valence-electron chi connectivity index (χ1n) is 12.9. The van der Waals surface area contributed by atoms with Crippen molar-refractivity contribution in [1.82, 2.24) is 0 Å². The molecule has 4 aliphatic carbocycles. The molecule has 0 heterocycles. The second-order valence-electron chi connectivity index (χ2n) is 12.6. The zero-order chi connectivity index (χ0) is 21.8. The van der Waals surface area contributed by atoms with Crippen molar-refractivity contribution in [3.8, 4) is 0 Å². The van der Waals surface area contributed by atoms with E-state index in [1.54, 1.807) is 0 Å². The van der Waals surface area contributed by atoms with Crippen molar-refractivity contribution in [2.45, 2.75) is 108 Å². The Morgan fingerprint density at radius 1 is 0.900 bits per heavy atom. The highest BCUT2D eigenvalue weighted by molar-refractivity contribution is 9.10. The first-order valence-corrected chi connectivity index (χ1v) is 14.7. The molecule has 4 aliphatic rings. The van der Waals surface area contributed by atoms with E-state index in [0.29, 0.717) is 22.5 Å². The number of fused-ring (bicyclic) bond motifs is 5. The van der Waals surface area contributed by atoms with Gasteiger partial charge in [0.25, 0.3) is 0 Å². The molecule has 0 N–H and O–H groups in total. The molecule has 172 valence electrons. The molecule has 3 heteroatoms. The molecule has 0 amide bonds. The fourth-order valence-electron chi connectivity index (χ4n) is 9.15. The van der Waals surface area contributed by atoms with Crippen molar-refractivity contribution in [3.63, 3.8) is 0 Å². The number of halogens is 2. The van der Waals surface area contributed by atoms with Gasteiger partial charge in [-0.2, -0.15) is 0 Å². The summed E-state index contributed by atoms with van der Waals surface area (Å²) in [7, 11) is 0. The maximum absolute atomic E-state index is 12.7. The second-order valence-corrected chi connectivity index (χ2v) is 14.7. The quantitative estimate of drug-likeness (QED) is 0.318. The van der Waals surface area contributed by atoms with Crippen molar-refractivity contribution in [3.05, 3.63) is 0 Å². The summed E-state index contributed by atoms with van der Waals surface area (Å²) >= 11 is 7.60. The summed E-state index contributed by atoms with van der Waals surface area (Å²) in [5.41, 5.74) is 0.884. The number of ketones is 1. The SMILES string of the molecule is CC(C)CCC[C@@H](C)[C@H]1CC[C@H]2[C@@H]3CCC4C(Br)C(=O)C(Br)C[C@]4(C)[C@H]3CC[C@]12C. The first kappa shape index (κ1) is 23.8. The lowest BCUT2D eigenvalue weighted by Gasteiger charge is -2.61. The third-order valence-electron chi connectivity index (χ3n) is 10.7. The van der Waals surface area contributed by atoms with E-state index in [1.165, 1.54) is 57.8 Å². The van der Waals surface area contributed by atoms with Crippen LogP contribution in [0.25, 0.3) is 0 Å². The number of carbonyl (C=O) groups excluding carboxylic acids is 1. The number of Topliss-reactive ketones (excluding diaryl/α,β-unsaturated/α-hetero) is 1. The van der Waals surface area contributed by atoms with Crippen LogP contribution in [-0.4, -0.2) is 15.4 Å². The van der Waals surface area contributed by atoms with Gasteiger partial charge in [0.05, 0.1) is 9.65 Å². The lowest BCUT2D eigenvalue weighted by Crippen LogP contribution is -2.58. The van der Waals surface area contributed by atoms with Crippen LogP contribution in [0.3, 0.4) is 0 Å². The summed E-state index contributed by atoms with van der Waals surface area (Å²) in [6.45, 7) is 12.5. The van der Waals surface area contributed by atoms with E-state index in [2.05, 4.69) is 66.5 Å². The van der Waals surface area contributed by atoms with Crippen molar-refractivity contribution >= 4 is 37.6 Å². The minimum absolute atomic E-state index is 0.0486. The second kappa shape index (κ2) is 8.77. The van der Waals surface area contributed by atoms with E-state index in [0.717, 1.165) is 41.9 Å². The fraction of sp³-hybridized carbons (Fsp3) is 0.963. The number of hydrogen-bond donors (Lipinski definition) is 0. The molecule has 4 rings (SSSR count). The molecule has 0 aromatic carbocycles. The van der Waals surface area contributed by atoms with Gasteiger partial charge in [0.1, 0.15) is 0 Å². The summed E-state index contributed by atoms with van der Waals surface area (Å²) in [4.78, 5) is 12.8. The minimum atomic E-state index is 0.0486. The van der Waals surface area contributed by atoms with Crippen LogP contribution in [0.1, 0.15) is 98.8 Å². The van der Waals surface area contributed by atoms with Gasteiger partial charge < -0.3 is 0 Å². The van der Waals surface area contributed by atoms with Gasteiger partial charge in [-0.15, -0.1) is 0 Å². The summed E-state index contributed by atoms with van der Waals surface area (Å²) in [6, 6.07) is 0. The van der Waals surface area contributed by atoms with E-state index in [-0.39, 0.29) is 9.65 Å². The Kier molecular flexibility index (Phi) is 6.95. The summed E-state index contributed by atoms with van der Waals surface area (Å²) in [5.74, 6) is 6.23. The van der Waals surface area contributed by atoms with Crippen molar-refractivity contribution in [2.75, 3.05) is 0 Å². The maximum Gasteiger partial charge on any atom is 0.160 e. The predicted molar refractivity (Wildman–Crippen MR) is 134 cm³/mol. The molecular formula is C27H44Br2O. The van der Waals surface area contributed by atoms with Crippen LogP contribution >= 0.6 is 31.9 Å². The van der Waals surface area contributed by atoms with Crippen LogP contribution in [0, 0.1) is 52.3 Å². The fourth-order valence-corrected chi connectivity index (χ4v) is 11.7. The van der Waals surface area contributed by atoms with Crippen LogP contribution in [0.15, 0.2) is 0 Å². The molecule has 4 fully saturated rings. The summed E-state index contributed by atoms with van der Waals surface area (Å²) in [6.07, 6.45) is 13.6. The largest absolute Gasteiger partial charge is 0.297 e. The van der Waals surface area contributed by atoms with Gasteiger partial charge in [0.2, 0.25) is 0 Å². The van der Waals surface area contributed by atoms with Gasteiger partial charge in [-0.25, -0.2) is 0 Å². The lowest BCUT2D eigenvalue weighted by molar-refractivity contribution is -0.137. The zero-order valence-corrected chi connectivity index (χ0v) is 23.1. The molecule has 1 nitrogen and oxygen atoms in total. The van der Waals surface area contributed by atoms with E-state index in [1.807, 2.05) is 0 Å². The molecule has 0 aromatic heterocycles. The molecule has 0 saturated heterocycles. The van der Waals surface area contributed by atoms with E-state index >= 15 is 0 Å². The third kappa shape index (κ3) is 3.82. The third-order valence-corrected chi connectivity index (χ3v) is 12.6. The van der Waals surface area contributed by atoms with Gasteiger partial charge in [-0.05, 0) is 97.2 Å². The van der Waals surface area contributed by atoms with Crippen LogP contribution < -0.4 is 0 Å². The topological polar surface area (TPSA) is 17.1 Å². The number of hydrogen-bond acceptors (Lipinski definition) is 1. The Hall–Kier alpha value is 0.630. The average molecular weight is 544 g/mol. The van der Waals surface area contributed by atoms with Crippen LogP contribution in [0.4, 0.5) is 0 Å². The van der Waals surface area contributed by atoms with Crippen LogP contribution in [0.2, 0.25) is 0 Å². The zero-order valence-electron chi connectivity index (χ0n) is 19.9. The van der Waals surface area contributed by atoms with E-state index in [4.69, 9.17) is 0 Å². The lowest BCUT2D eigenvalue weighted by atomic mass is 9.44. The average Bonchev–Trinajstić information content (AvgIpc) is 3.03. The number of alkyl halides is 2. The molecule has 30 heavy (non-hydrogen) atoms. The Balaban J connectivity index is 1.50. The van der Waals surface area contributed by atoms with Crippen LogP contribution in [0.5, 0.6) is 0 Å². The molecule has 10 atom stereocenters. The highest BCUT2D eigenvalue weighted by atomic mass is 79.9.